The van der Waals surface area contributed by atoms with Gasteiger partial charge in [0.1, 0.15) is 11.0 Å². The van der Waals surface area contributed by atoms with Gasteiger partial charge in [-0.2, -0.15) is 0 Å². The summed E-state index contributed by atoms with van der Waals surface area (Å²) in [5.41, 5.74) is 1.69. The zero-order chi connectivity index (χ0) is 19.1. The third-order valence-electron chi connectivity index (χ3n) is 4.43. The maximum absolute atomic E-state index is 12.6. The van der Waals surface area contributed by atoms with Gasteiger partial charge in [0.2, 0.25) is 5.43 Å². The lowest BCUT2D eigenvalue weighted by Crippen LogP contribution is -2.10. The first kappa shape index (κ1) is 16.1. The number of fused-ring (bicyclic) bond motifs is 2. The van der Waals surface area contributed by atoms with Gasteiger partial charge in [-0.25, -0.2) is 4.98 Å². The van der Waals surface area contributed by atoms with Crippen molar-refractivity contribution in [1.82, 2.24) is 9.55 Å². The summed E-state index contributed by atoms with van der Waals surface area (Å²) in [7, 11) is 0. The Balaban J connectivity index is 1.45. The predicted molar refractivity (Wildman–Crippen MR) is 104 cm³/mol. The van der Waals surface area contributed by atoms with Gasteiger partial charge >= 0.3 is 5.78 Å². The van der Waals surface area contributed by atoms with Crippen LogP contribution < -0.4 is 10.7 Å². The predicted octanol–water partition coefficient (Wildman–Crippen LogP) is 3.98. The minimum Gasteiger partial charge on any atom is -0.425 e. The molecule has 0 saturated heterocycles. The van der Waals surface area contributed by atoms with E-state index in [1.54, 1.807) is 48.9 Å². The van der Waals surface area contributed by atoms with E-state index < -0.39 is 5.91 Å². The van der Waals surface area contributed by atoms with Crippen LogP contribution in [0, 0.1) is 0 Å². The number of furan rings is 1. The molecule has 0 atom stereocenters. The number of amides is 1. The van der Waals surface area contributed by atoms with Crippen LogP contribution in [0.4, 0.5) is 5.69 Å². The first-order chi connectivity index (χ1) is 13.7. The van der Waals surface area contributed by atoms with Gasteiger partial charge in [-0.05, 0) is 36.4 Å². The lowest BCUT2D eigenvalue weighted by Gasteiger charge is -2.05. The maximum atomic E-state index is 12.6. The minimum absolute atomic E-state index is 0.00448. The molecule has 0 radical (unpaired) electrons. The Hall–Kier alpha value is -4.13. The molecule has 136 valence electrons. The van der Waals surface area contributed by atoms with Crippen molar-refractivity contribution in [3.8, 4) is 5.69 Å². The van der Waals surface area contributed by atoms with Crippen molar-refractivity contribution in [2.45, 2.75) is 0 Å². The molecule has 1 N–H and O–H groups in total. The normalized spacial score (nSPS) is 11.1. The van der Waals surface area contributed by atoms with E-state index in [1.807, 2.05) is 22.9 Å². The van der Waals surface area contributed by atoms with E-state index in [0.29, 0.717) is 16.7 Å². The summed E-state index contributed by atoms with van der Waals surface area (Å²) in [6, 6.07) is 15.5. The molecule has 7 heteroatoms. The number of benzene rings is 2. The van der Waals surface area contributed by atoms with Crippen molar-refractivity contribution in [1.29, 1.82) is 0 Å². The van der Waals surface area contributed by atoms with E-state index in [-0.39, 0.29) is 22.4 Å². The Morgan fingerprint density at radius 3 is 2.61 bits per heavy atom. The van der Waals surface area contributed by atoms with Crippen LogP contribution in [0.2, 0.25) is 0 Å². The molecule has 3 heterocycles. The molecule has 5 aromatic rings. The first-order valence-corrected chi connectivity index (χ1v) is 8.54. The van der Waals surface area contributed by atoms with Gasteiger partial charge in [0.15, 0.2) is 5.76 Å². The number of nitrogens with zero attached hydrogens (tertiary/aromatic N) is 2. The number of carbonyl (C=O) groups is 1. The van der Waals surface area contributed by atoms with Gasteiger partial charge in [-0.15, -0.1) is 0 Å². The molecular weight excluding hydrogens is 358 g/mol. The van der Waals surface area contributed by atoms with E-state index in [0.717, 1.165) is 5.69 Å². The van der Waals surface area contributed by atoms with Gasteiger partial charge in [-0.1, -0.05) is 12.1 Å². The van der Waals surface area contributed by atoms with E-state index in [9.17, 15) is 9.59 Å². The molecular formula is C21H13N3O4. The summed E-state index contributed by atoms with van der Waals surface area (Å²) < 4.78 is 12.9. The summed E-state index contributed by atoms with van der Waals surface area (Å²) in [5, 5.41) is 3.43. The van der Waals surface area contributed by atoms with Crippen LogP contribution in [0.5, 0.6) is 0 Å². The molecule has 0 bridgehead atoms. The molecule has 3 aromatic heterocycles. The third kappa shape index (κ3) is 2.66. The molecule has 0 aliphatic carbocycles. The highest BCUT2D eigenvalue weighted by Crippen LogP contribution is 2.22. The summed E-state index contributed by atoms with van der Waals surface area (Å²) in [6.45, 7) is 0. The largest absolute Gasteiger partial charge is 0.425 e. The van der Waals surface area contributed by atoms with E-state index >= 15 is 0 Å². The Bertz CT molecular complexity index is 1360. The zero-order valence-electron chi connectivity index (χ0n) is 14.5. The van der Waals surface area contributed by atoms with Crippen LogP contribution in [0.3, 0.4) is 0 Å². The summed E-state index contributed by atoms with van der Waals surface area (Å²) in [6.07, 6.45) is 5.21. The number of hydrogen-bond donors (Lipinski definition) is 1. The fourth-order valence-electron chi connectivity index (χ4n) is 3.03. The summed E-state index contributed by atoms with van der Waals surface area (Å²) in [4.78, 5) is 29.1. The Morgan fingerprint density at radius 1 is 1.00 bits per heavy atom. The van der Waals surface area contributed by atoms with Crippen LogP contribution in [-0.4, -0.2) is 15.5 Å². The van der Waals surface area contributed by atoms with Gasteiger partial charge in [0.25, 0.3) is 5.91 Å². The quantitative estimate of drug-likeness (QED) is 0.518. The SMILES string of the molecule is O=C(Nc1ccc(-n2ccnc2)cc1)c1cc2c(=O)c3ccccc3oc2o1. The van der Waals surface area contributed by atoms with Crippen molar-refractivity contribution in [2.75, 3.05) is 5.32 Å². The number of aromatic nitrogens is 2. The smallest absolute Gasteiger partial charge is 0.302 e. The van der Waals surface area contributed by atoms with E-state index in [1.165, 1.54) is 6.07 Å². The van der Waals surface area contributed by atoms with Crippen LogP contribution in [0.1, 0.15) is 10.6 Å². The Kier molecular flexibility index (Phi) is 3.58. The monoisotopic (exact) mass is 371 g/mol. The second-order valence-corrected chi connectivity index (χ2v) is 6.21. The molecule has 0 fully saturated rings. The first-order valence-electron chi connectivity index (χ1n) is 8.54. The van der Waals surface area contributed by atoms with Crippen molar-refractivity contribution in [3.63, 3.8) is 0 Å². The van der Waals surface area contributed by atoms with Crippen molar-refractivity contribution in [3.05, 3.63) is 89.3 Å². The van der Waals surface area contributed by atoms with Crippen LogP contribution in [0.15, 0.2) is 86.9 Å². The molecule has 0 spiro atoms. The lowest BCUT2D eigenvalue weighted by atomic mass is 10.2. The van der Waals surface area contributed by atoms with Gasteiger partial charge < -0.3 is 18.7 Å². The second kappa shape index (κ2) is 6.24. The van der Waals surface area contributed by atoms with Gasteiger partial charge in [0.05, 0.1) is 11.7 Å². The number of carbonyl (C=O) groups excluding carboxylic acids is 1. The molecule has 0 saturated carbocycles. The van der Waals surface area contributed by atoms with Crippen LogP contribution in [-0.2, 0) is 0 Å². The molecule has 0 aliphatic heterocycles. The second-order valence-electron chi connectivity index (χ2n) is 6.21. The van der Waals surface area contributed by atoms with Crippen molar-refractivity contribution >= 4 is 33.7 Å². The highest BCUT2D eigenvalue weighted by molar-refractivity contribution is 6.04. The maximum Gasteiger partial charge on any atom is 0.302 e. The zero-order valence-corrected chi connectivity index (χ0v) is 14.5. The number of hydrogen-bond acceptors (Lipinski definition) is 5. The Morgan fingerprint density at radius 2 is 1.82 bits per heavy atom. The average molecular weight is 371 g/mol. The Labute approximate surface area is 157 Å². The molecule has 7 nitrogen and oxygen atoms in total. The van der Waals surface area contributed by atoms with E-state index in [2.05, 4.69) is 10.3 Å². The average Bonchev–Trinajstić information content (AvgIpc) is 3.39. The summed E-state index contributed by atoms with van der Waals surface area (Å²) >= 11 is 0. The fourth-order valence-corrected chi connectivity index (χ4v) is 3.03. The lowest BCUT2D eigenvalue weighted by molar-refractivity contribution is 0.0997. The van der Waals surface area contributed by atoms with Gasteiger partial charge in [-0.3, -0.25) is 9.59 Å². The number of nitrogens with one attached hydrogen (secondary N) is 1. The van der Waals surface area contributed by atoms with Crippen LogP contribution >= 0.6 is 0 Å². The minimum atomic E-state index is -0.467. The molecule has 28 heavy (non-hydrogen) atoms. The standard InChI is InChI=1S/C21H13N3O4/c25-19-15-3-1-2-4-17(15)27-21-16(19)11-18(28-21)20(26)23-13-5-7-14(8-6-13)24-10-9-22-12-24/h1-12H,(H,23,26). The molecule has 5 rings (SSSR count). The molecule has 2 aromatic carbocycles. The highest BCUT2D eigenvalue weighted by atomic mass is 16.5. The molecule has 1 amide bonds. The third-order valence-corrected chi connectivity index (χ3v) is 4.43. The highest BCUT2D eigenvalue weighted by Gasteiger charge is 2.17. The topological polar surface area (TPSA) is 90.3 Å². The van der Waals surface area contributed by atoms with Crippen molar-refractivity contribution < 1.29 is 13.6 Å². The van der Waals surface area contributed by atoms with Gasteiger partial charge in [0, 0.05) is 29.8 Å². The number of imidazole rings is 1. The molecule has 0 unspecified atom stereocenters. The van der Waals surface area contributed by atoms with E-state index in [4.69, 9.17) is 8.83 Å². The van der Waals surface area contributed by atoms with Crippen LogP contribution in [0.25, 0.3) is 27.8 Å². The number of rotatable bonds is 3. The number of para-hydroxylation sites is 1. The number of anilines is 1. The summed E-state index contributed by atoms with van der Waals surface area (Å²) in [5.74, 6) is -0.431. The molecule has 0 aliphatic rings. The fraction of sp³-hybridized carbons (Fsp3) is 0. The van der Waals surface area contributed by atoms with Crippen molar-refractivity contribution in [2.24, 2.45) is 0 Å².